The molecule has 3 N–H and O–H groups in total. The van der Waals surface area contributed by atoms with Gasteiger partial charge < -0.3 is 34.7 Å². The zero-order valence-electron chi connectivity index (χ0n) is 32.3. The Morgan fingerprint density at radius 2 is 1.02 bits per heavy atom. The van der Waals surface area contributed by atoms with E-state index in [1.807, 2.05) is 13.8 Å². The molecule has 12 nitrogen and oxygen atoms in total. The van der Waals surface area contributed by atoms with E-state index < -0.39 is 29.0 Å². The first-order chi connectivity index (χ1) is 26.1. The molecular formula is C40H46Cl4N2O10. The molecule has 2 fully saturated rings. The second-order valence-electron chi connectivity index (χ2n) is 14.7. The van der Waals surface area contributed by atoms with Gasteiger partial charge in [0.05, 0.1) is 43.5 Å². The topological polar surface area (TPSA) is 167 Å². The van der Waals surface area contributed by atoms with Crippen molar-refractivity contribution < 1.29 is 48.0 Å². The summed E-state index contributed by atoms with van der Waals surface area (Å²) in [4.78, 5) is 56.7. The van der Waals surface area contributed by atoms with Crippen molar-refractivity contribution in [3.63, 3.8) is 0 Å². The summed E-state index contributed by atoms with van der Waals surface area (Å²) < 4.78 is 20.7. The zero-order chi connectivity index (χ0) is 41.8. The fraction of sp³-hybridized carbons (Fsp3) is 0.475. The van der Waals surface area contributed by atoms with Crippen molar-refractivity contribution in [2.75, 3.05) is 14.2 Å². The van der Waals surface area contributed by atoms with Gasteiger partial charge in [-0.3, -0.25) is 24.0 Å². The van der Waals surface area contributed by atoms with Gasteiger partial charge in [0.25, 0.3) is 11.8 Å². The van der Waals surface area contributed by atoms with Crippen molar-refractivity contribution in [3.8, 4) is 0 Å². The Labute approximate surface area is 346 Å². The summed E-state index contributed by atoms with van der Waals surface area (Å²) >= 11 is 24.4. The number of rotatable bonds is 5. The van der Waals surface area contributed by atoms with Gasteiger partial charge in [0.2, 0.25) is 0 Å². The predicted octanol–water partition coefficient (Wildman–Crippen LogP) is 8.32. The number of hydrogen-bond acceptors (Lipinski definition) is 10. The highest BCUT2D eigenvalue weighted by Gasteiger charge is 2.53. The van der Waals surface area contributed by atoms with Crippen LogP contribution in [0.5, 0.6) is 0 Å². The minimum Gasteiger partial charge on any atom is -0.509 e. The van der Waals surface area contributed by atoms with Crippen LogP contribution in [0.25, 0.3) is 11.1 Å². The van der Waals surface area contributed by atoms with E-state index in [9.17, 15) is 29.1 Å². The van der Waals surface area contributed by atoms with Gasteiger partial charge in [-0.2, -0.15) is 0 Å². The maximum absolute atomic E-state index is 12.8. The van der Waals surface area contributed by atoms with E-state index in [0.29, 0.717) is 68.2 Å². The number of nitrogens with one attached hydrogen (secondary N) is 2. The number of amides is 2. The predicted molar refractivity (Wildman–Crippen MR) is 213 cm³/mol. The van der Waals surface area contributed by atoms with Crippen LogP contribution in [0.3, 0.4) is 0 Å². The van der Waals surface area contributed by atoms with E-state index in [1.54, 1.807) is 50.6 Å². The molecule has 0 atom stereocenters. The Kier molecular flexibility index (Phi) is 14.4. The molecule has 0 radical (unpaired) electrons. The quantitative estimate of drug-likeness (QED) is 0.197. The third kappa shape index (κ3) is 10.1. The van der Waals surface area contributed by atoms with Gasteiger partial charge in [-0.05, 0) is 89.5 Å². The molecule has 2 aliphatic carbocycles. The summed E-state index contributed by atoms with van der Waals surface area (Å²) in [6.07, 6.45) is 5.46. The van der Waals surface area contributed by atoms with Crippen molar-refractivity contribution in [1.29, 1.82) is 0 Å². The summed E-state index contributed by atoms with van der Waals surface area (Å²) in [5.41, 5.74) is -0.359. The van der Waals surface area contributed by atoms with Gasteiger partial charge in [0.1, 0.15) is 11.5 Å². The summed E-state index contributed by atoms with van der Waals surface area (Å²) in [5.74, 6) is -1.78. The SMILES string of the molecule is CC(=O)OC(C)=O.COC1(C)CCC2(CC1)NC(=O)C(c1ccc(Cl)cc1Cl)=C2O.COC1(C)CCC2(CC1)NC(=O)C(c1ccc(Cl)cc1Cl)=C2OC(C)=O. The fourth-order valence-corrected chi connectivity index (χ4v) is 8.28. The highest BCUT2D eigenvalue weighted by Crippen LogP contribution is 2.48. The monoisotopic (exact) mass is 854 g/mol. The number of carbonyl (C=O) groups is 5. The van der Waals surface area contributed by atoms with Crippen LogP contribution in [0.15, 0.2) is 47.9 Å². The van der Waals surface area contributed by atoms with E-state index in [1.165, 1.54) is 20.8 Å². The smallest absolute Gasteiger partial charge is 0.310 e. The van der Waals surface area contributed by atoms with Crippen LogP contribution in [0.2, 0.25) is 20.1 Å². The normalized spacial score (nSPS) is 26.8. The number of ether oxygens (including phenoxy) is 4. The number of methoxy groups -OCH3 is 2. The zero-order valence-corrected chi connectivity index (χ0v) is 35.3. The molecule has 4 aliphatic rings. The molecule has 16 heteroatoms. The molecule has 2 spiro atoms. The van der Waals surface area contributed by atoms with E-state index in [4.69, 9.17) is 60.6 Å². The summed E-state index contributed by atoms with van der Waals surface area (Å²) in [5, 5.41) is 18.4. The second-order valence-corrected chi connectivity index (χ2v) is 16.4. The Hall–Kier alpha value is -3.65. The molecule has 0 saturated heterocycles. The summed E-state index contributed by atoms with van der Waals surface area (Å²) in [6, 6.07) is 9.78. The first-order valence-electron chi connectivity index (χ1n) is 17.8. The van der Waals surface area contributed by atoms with E-state index in [-0.39, 0.29) is 34.3 Å². The maximum atomic E-state index is 12.8. The van der Waals surface area contributed by atoms with Crippen LogP contribution in [0.1, 0.15) is 97.1 Å². The van der Waals surface area contributed by atoms with E-state index in [0.717, 1.165) is 25.7 Å². The molecule has 2 amide bonds. The molecule has 56 heavy (non-hydrogen) atoms. The molecule has 0 aromatic heterocycles. The maximum Gasteiger partial charge on any atom is 0.310 e. The van der Waals surface area contributed by atoms with Crippen molar-refractivity contribution in [1.82, 2.24) is 10.6 Å². The second kappa shape index (κ2) is 17.9. The van der Waals surface area contributed by atoms with Gasteiger partial charge in [-0.25, -0.2) is 0 Å². The molecule has 2 aromatic rings. The average Bonchev–Trinajstić information content (AvgIpc) is 3.51. The fourth-order valence-electron chi connectivity index (χ4n) is 7.27. The van der Waals surface area contributed by atoms with Gasteiger partial charge in [-0.15, -0.1) is 0 Å². The first kappa shape index (κ1) is 45.1. The van der Waals surface area contributed by atoms with Crippen LogP contribution in [0.4, 0.5) is 0 Å². The Balaban J connectivity index is 0.000000214. The molecule has 2 saturated carbocycles. The molecule has 2 heterocycles. The van der Waals surface area contributed by atoms with Gasteiger partial charge in [-0.1, -0.05) is 58.5 Å². The van der Waals surface area contributed by atoms with Crippen molar-refractivity contribution in [2.45, 2.75) is 108 Å². The number of benzene rings is 2. The van der Waals surface area contributed by atoms with Crippen LogP contribution < -0.4 is 10.6 Å². The lowest BCUT2D eigenvalue weighted by atomic mass is 9.74. The number of hydrogen-bond donors (Lipinski definition) is 3. The average molecular weight is 857 g/mol. The van der Waals surface area contributed by atoms with E-state index in [2.05, 4.69) is 15.4 Å². The van der Waals surface area contributed by atoms with Crippen LogP contribution in [-0.4, -0.2) is 71.3 Å². The largest absolute Gasteiger partial charge is 0.509 e. The highest BCUT2D eigenvalue weighted by atomic mass is 35.5. The highest BCUT2D eigenvalue weighted by molar-refractivity contribution is 6.38. The van der Waals surface area contributed by atoms with Crippen LogP contribution in [0, 0.1) is 0 Å². The number of halogens is 4. The summed E-state index contributed by atoms with van der Waals surface area (Å²) in [7, 11) is 3.38. The molecule has 2 aliphatic heterocycles. The third-order valence-corrected chi connectivity index (χ3v) is 11.8. The van der Waals surface area contributed by atoms with Gasteiger partial charge in [0.15, 0.2) is 0 Å². The lowest BCUT2D eigenvalue weighted by Crippen LogP contribution is -2.51. The first-order valence-corrected chi connectivity index (χ1v) is 19.4. The Morgan fingerprint density at radius 3 is 1.39 bits per heavy atom. The number of carbonyl (C=O) groups excluding carboxylic acids is 5. The lowest BCUT2D eigenvalue weighted by molar-refractivity contribution is -0.156. The molecular weight excluding hydrogens is 810 g/mol. The molecule has 6 rings (SSSR count). The van der Waals surface area contributed by atoms with Crippen molar-refractivity contribution in [3.05, 3.63) is 79.1 Å². The minimum absolute atomic E-state index is 0.0740. The Bertz CT molecular complexity index is 1950. The van der Waals surface area contributed by atoms with Crippen molar-refractivity contribution >= 4 is 87.3 Å². The van der Waals surface area contributed by atoms with Gasteiger partial charge >= 0.3 is 17.9 Å². The number of aliphatic hydroxyl groups is 1. The summed E-state index contributed by atoms with van der Waals surface area (Å²) in [6.45, 7) is 7.78. The molecule has 0 unspecified atom stereocenters. The van der Waals surface area contributed by atoms with Gasteiger partial charge in [0, 0.05) is 56.2 Å². The molecule has 304 valence electrons. The standard InChI is InChI=1S/C19H21Cl2NO4.C17H19Cl2NO3.C4H6O3/c1-11(23)26-16-15(13-5-4-12(20)10-14(13)21)17(24)22-19(16)8-6-18(2,25-3)7-9-19;1-16(23-2)5-7-17(8-6-16)14(21)13(15(22)20-17)11-4-3-10(18)9-12(11)19;1-3(5)7-4(2)6/h4-5,10H,6-9H2,1-3H3,(H,22,24);3-4,9,21H,5-8H2,1-2H3,(H,20,22);1-2H3. The van der Waals surface area contributed by atoms with Crippen molar-refractivity contribution in [2.24, 2.45) is 0 Å². The Morgan fingerprint density at radius 1 is 0.625 bits per heavy atom. The van der Waals surface area contributed by atoms with Crippen LogP contribution >= 0.6 is 46.4 Å². The lowest BCUT2D eigenvalue weighted by Gasteiger charge is -2.42. The van der Waals surface area contributed by atoms with E-state index >= 15 is 0 Å². The third-order valence-electron chi connectivity index (χ3n) is 10.8. The van der Waals surface area contributed by atoms with Crippen LogP contribution in [-0.2, 0) is 42.9 Å². The molecule has 2 aromatic carbocycles. The number of aliphatic hydroxyl groups excluding tert-OH is 1. The number of esters is 3. The minimum atomic E-state index is -0.723. The molecule has 0 bridgehead atoms.